The molecular weight excluding hydrogens is 347 g/mol. The summed E-state index contributed by atoms with van der Waals surface area (Å²) < 4.78 is 25.8. The van der Waals surface area contributed by atoms with Gasteiger partial charge in [-0.3, -0.25) is 0 Å². The lowest BCUT2D eigenvalue weighted by molar-refractivity contribution is -0.00539. The molecule has 1 aliphatic rings. The van der Waals surface area contributed by atoms with E-state index < -0.39 is 0 Å². The summed E-state index contributed by atoms with van der Waals surface area (Å²) in [6.45, 7) is 13.4. The van der Waals surface area contributed by atoms with E-state index >= 15 is 0 Å². The van der Waals surface area contributed by atoms with Crippen LogP contribution in [-0.4, -0.2) is 35.4 Å². The largest absolute Gasteiger partial charge is 0.374 e. The lowest BCUT2D eigenvalue weighted by Gasteiger charge is -2.37. The number of morpholine rings is 1. The smallest absolute Gasteiger partial charge is 0.248 e. The molecule has 0 unspecified atom stereocenters. The van der Waals surface area contributed by atoms with Gasteiger partial charge in [-0.25, -0.2) is 4.39 Å². The fourth-order valence-electron chi connectivity index (χ4n) is 3.26. The molecule has 1 aromatic carbocycles. The first-order valence-electron chi connectivity index (χ1n) is 9.44. The van der Waals surface area contributed by atoms with Crippen molar-refractivity contribution in [1.29, 1.82) is 0 Å². The van der Waals surface area contributed by atoms with Crippen LogP contribution >= 0.6 is 0 Å². The molecule has 3 atom stereocenters. The van der Waals surface area contributed by atoms with Crippen molar-refractivity contribution in [3.05, 3.63) is 35.7 Å². The quantitative estimate of drug-likeness (QED) is 0.859. The zero-order chi connectivity index (χ0) is 19.8. The van der Waals surface area contributed by atoms with Gasteiger partial charge in [-0.05, 0) is 39.0 Å². The van der Waals surface area contributed by atoms with Crippen molar-refractivity contribution in [3.63, 3.8) is 0 Å². The van der Waals surface area contributed by atoms with Crippen molar-refractivity contribution in [2.45, 2.75) is 65.2 Å². The van der Waals surface area contributed by atoms with Crippen LogP contribution in [0.15, 0.2) is 22.7 Å². The minimum atomic E-state index is -0.255. The Kier molecular flexibility index (Phi) is 5.42. The lowest BCUT2D eigenvalue weighted by Crippen LogP contribution is -2.45. The van der Waals surface area contributed by atoms with Crippen molar-refractivity contribution in [3.8, 4) is 0 Å². The number of nitrogens with one attached hydrogen (secondary N) is 1. The van der Waals surface area contributed by atoms with E-state index in [-0.39, 0.29) is 29.5 Å². The Morgan fingerprint density at radius 3 is 2.44 bits per heavy atom. The van der Waals surface area contributed by atoms with E-state index in [2.05, 4.69) is 15.5 Å². The zero-order valence-electron chi connectivity index (χ0n) is 16.9. The van der Waals surface area contributed by atoms with Crippen LogP contribution in [0.4, 0.5) is 15.8 Å². The molecule has 27 heavy (non-hydrogen) atoms. The number of aromatic nitrogens is 2. The highest BCUT2D eigenvalue weighted by molar-refractivity contribution is 5.57. The van der Waals surface area contributed by atoms with Gasteiger partial charge in [-0.1, -0.05) is 25.9 Å². The molecule has 0 bridgehead atoms. The first-order chi connectivity index (χ1) is 12.6. The fraction of sp³-hybridized carbons (Fsp3) is 0.600. The molecule has 0 radical (unpaired) electrons. The van der Waals surface area contributed by atoms with Crippen LogP contribution in [0.3, 0.4) is 0 Å². The van der Waals surface area contributed by atoms with E-state index in [4.69, 9.17) is 9.26 Å². The van der Waals surface area contributed by atoms with Gasteiger partial charge in [-0.2, -0.15) is 4.98 Å². The maximum atomic E-state index is 14.7. The fourth-order valence-corrected chi connectivity index (χ4v) is 3.26. The van der Waals surface area contributed by atoms with Crippen LogP contribution in [0.1, 0.15) is 59.3 Å². The summed E-state index contributed by atoms with van der Waals surface area (Å²) in [6.07, 6.45) is 0.168. The van der Waals surface area contributed by atoms with E-state index in [0.29, 0.717) is 36.2 Å². The summed E-state index contributed by atoms with van der Waals surface area (Å²) in [7, 11) is 0. The topological polar surface area (TPSA) is 63.4 Å². The average Bonchev–Trinajstić information content (AvgIpc) is 3.04. The molecule has 1 aliphatic heterocycles. The van der Waals surface area contributed by atoms with Gasteiger partial charge in [0.1, 0.15) is 11.9 Å². The van der Waals surface area contributed by atoms with Crippen molar-refractivity contribution >= 4 is 11.4 Å². The van der Waals surface area contributed by atoms with Crippen molar-refractivity contribution < 1.29 is 13.7 Å². The summed E-state index contributed by atoms with van der Waals surface area (Å²) in [6, 6.07) is 4.98. The molecule has 1 saturated heterocycles. The third-order valence-corrected chi connectivity index (χ3v) is 4.57. The molecule has 6 nitrogen and oxygen atoms in total. The van der Waals surface area contributed by atoms with Gasteiger partial charge >= 0.3 is 0 Å². The minimum Gasteiger partial charge on any atom is -0.374 e. The molecule has 0 saturated carbocycles. The molecule has 1 aromatic heterocycles. The Labute approximate surface area is 160 Å². The van der Waals surface area contributed by atoms with Gasteiger partial charge in [0.05, 0.1) is 17.9 Å². The second kappa shape index (κ2) is 7.46. The number of benzene rings is 1. The zero-order valence-corrected chi connectivity index (χ0v) is 16.9. The molecule has 148 valence electrons. The molecule has 0 aliphatic carbocycles. The predicted molar refractivity (Wildman–Crippen MR) is 104 cm³/mol. The van der Waals surface area contributed by atoms with Crippen LogP contribution in [-0.2, 0) is 10.2 Å². The number of hydrogen-bond acceptors (Lipinski definition) is 6. The molecule has 3 rings (SSSR count). The monoisotopic (exact) mass is 376 g/mol. The lowest BCUT2D eigenvalue weighted by atomic mass is 9.96. The number of ether oxygens (including phenoxy) is 1. The Morgan fingerprint density at radius 2 is 1.89 bits per heavy atom. The third-order valence-electron chi connectivity index (χ3n) is 4.57. The second-order valence-electron chi connectivity index (χ2n) is 8.40. The third kappa shape index (κ3) is 4.58. The molecule has 1 fully saturated rings. The molecule has 7 heteroatoms. The highest BCUT2D eigenvalue weighted by Crippen LogP contribution is 2.28. The highest BCUT2D eigenvalue weighted by atomic mass is 19.1. The summed E-state index contributed by atoms with van der Waals surface area (Å²) >= 11 is 0. The molecule has 1 N–H and O–H groups in total. The van der Waals surface area contributed by atoms with Crippen LogP contribution in [0.25, 0.3) is 0 Å². The average molecular weight is 376 g/mol. The molecular formula is C20H29FN4O2. The van der Waals surface area contributed by atoms with Crippen LogP contribution < -0.4 is 10.2 Å². The van der Waals surface area contributed by atoms with Gasteiger partial charge in [0.15, 0.2) is 5.82 Å². The Hall–Kier alpha value is -2.15. The number of halogens is 1. The van der Waals surface area contributed by atoms with Gasteiger partial charge in [0.25, 0.3) is 0 Å². The summed E-state index contributed by atoms with van der Waals surface area (Å²) in [5, 5.41) is 7.27. The molecule has 2 heterocycles. The molecule has 0 spiro atoms. The molecule has 2 aromatic rings. The SMILES string of the molecule is C[C@@H]1CN(c2ccc(N[C@H](C)c3nc(C(C)(C)C)no3)cc2F)C[C@@H](C)O1. The van der Waals surface area contributed by atoms with E-state index in [1.807, 2.05) is 58.6 Å². The van der Waals surface area contributed by atoms with Gasteiger partial charge in [0, 0.05) is 24.2 Å². The van der Waals surface area contributed by atoms with Crippen molar-refractivity contribution in [2.75, 3.05) is 23.3 Å². The van der Waals surface area contributed by atoms with E-state index in [1.165, 1.54) is 6.07 Å². The summed E-state index contributed by atoms with van der Waals surface area (Å²) in [5.41, 5.74) is 1.10. The van der Waals surface area contributed by atoms with E-state index in [1.54, 1.807) is 0 Å². The van der Waals surface area contributed by atoms with Crippen LogP contribution in [0, 0.1) is 5.82 Å². The number of hydrogen-bond donors (Lipinski definition) is 1. The summed E-state index contributed by atoms with van der Waals surface area (Å²) in [4.78, 5) is 6.49. The highest BCUT2D eigenvalue weighted by Gasteiger charge is 2.25. The van der Waals surface area contributed by atoms with Gasteiger partial charge in [-0.15, -0.1) is 0 Å². The number of anilines is 2. The van der Waals surface area contributed by atoms with Crippen LogP contribution in [0.5, 0.6) is 0 Å². The van der Waals surface area contributed by atoms with Crippen molar-refractivity contribution in [2.24, 2.45) is 0 Å². The van der Waals surface area contributed by atoms with E-state index in [0.717, 1.165) is 0 Å². The first-order valence-corrected chi connectivity index (χ1v) is 9.44. The minimum absolute atomic E-state index is 0.0838. The maximum absolute atomic E-state index is 14.7. The van der Waals surface area contributed by atoms with Crippen molar-refractivity contribution in [1.82, 2.24) is 10.1 Å². The summed E-state index contributed by atoms with van der Waals surface area (Å²) in [5.74, 6) is 0.887. The number of rotatable bonds is 4. The van der Waals surface area contributed by atoms with E-state index in [9.17, 15) is 4.39 Å². The Balaban J connectivity index is 1.71. The number of nitrogens with zero attached hydrogens (tertiary/aromatic N) is 3. The standard InChI is InChI=1S/C20H29FN4O2/c1-12-10-25(11-13(2)26-12)17-8-7-15(9-16(17)21)22-14(3)18-23-19(24-27-18)20(4,5)6/h7-9,12-14,22H,10-11H2,1-6H3/t12-,13-,14-/m1/s1. The Bertz CT molecular complexity index is 777. The normalized spacial score (nSPS) is 22.0. The first kappa shape index (κ1) is 19.6. The Morgan fingerprint density at radius 1 is 1.22 bits per heavy atom. The maximum Gasteiger partial charge on any atom is 0.248 e. The van der Waals surface area contributed by atoms with Gasteiger partial charge < -0.3 is 19.5 Å². The second-order valence-corrected chi connectivity index (χ2v) is 8.40. The molecule has 0 amide bonds. The van der Waals surface area contributed by atoms with Gasteiger partial charge in [0.2, 0.25) is 5.89 Å². The van der Waals surface area contributed by atoms with Crippen LogP contribution in [0.2, 0.25) is 0 Å². The predicted octanol–water partition coefficient (Wildman–Crippen LogP) is 4.29.